The molecule has 0 radical (unpaired) electrons. The molecule has 0 aliphatic heterocycles. The largest absolute Gasteiger partial charge is 0.122 e. The summed E-state index contributed by atoms with van der Waals surface area (Å²) in [6.07, 6.45) is 26.1. The van der Waals surface area contributed by atoms with Crippen LogP contribution in [0, 0.1) is 0 Å². The van der Waals surface area contributed by atoms with E-state index in [1.807, 2.05) is 24.3 Å². The average Bonchev–Trinajstić information content (AvgIpc) is 3.26. The Hall–Kier alpha value is -6.73. The molecule has 7 aromatic carbocycles. The number of alkyl halides is 1. The fourth-order valence-electron chi connectivity index (χ4n) is 6.41. The second-order valence-corrected chi connectivity index (χ2v) is 13.9. The normalized spacial score (nSPS) is 12.0. The minimum atomic E-state index is 0.435. The molecule has 0 heterocycles. The van der Waals surface area contributed by atoms with E-state index >= 15 is 0 Å². The van der Waals surface area contributed by atoms with Crippen LogP contribution >= 0.6 is 11.6 Å². The Bertz CT molecular complexity index is 2210. The highest BCUT2D eigenvalue weighted by molar-refractivity contribution is 6.17. The predicted molar refractivity (Wildman–Crippen MR) is 248 cm³/mol. The topological polar surface area (TPSA) is 0 Å². The highest BCUT2D eigenvalue weighted by Gasteiger charge is 2.02. The van der Waals surface area contributed by atoms with Crippen molar-refractivity contribution in [1.29, 1.82) is 0 Å². The van der Waals surface area contributed by atoms with E-state index in [0.29, 0.717) is 5.88 Å². The number of hydrogen-bond acceptors (Lipinski definition) is 0. The summed E-state index contributed by atoms with van der Waals surface area (Å²) in [5.74, 6) is 0.435. The maximum atomic E-state index is 6.45. The van der Waals surface area contributed by atoms with Gasteiger partial charge in [0.2, 0.25) is 0 Å². The van der Waals surface area contributed by atoms with E-state index in [2.05, 4.69) is 225 Å². The van der Waals surface area contributed by atoms with Crippen LogP contribution in [-0.4, -0.2) is 0 Å². The zero-order valence-electron chi connectivity index (χ0n) is 31.3. The van der Waals surface area contributed by atoms with Crippen LogP contribution in [0.15, 0.2) is 176 Å². The quantitative estimate of drug-likeness (QED) is 0.0816. The van der Waals surface area contributed by atoms with Crippen LogP contribution in [0.25, 0.3) is 72.9 Å². The maximum absolute atomic E-state index is 6.45. The summed E-state index contributed by atoms with van der Waals surface area (Å²) in [7, 11) is 0. The first-order valence-electron chi connectivity index (χ1n) is 18.9. The molecule has 7 rings (SSSR count). The zero-order valence-corrected chi connectivity index (χ0v) is 32.0. The maximum Gasteiger partial charge on any atom is 0.0474 e. The molecule has 0 fully saturated rings. The van der Waals surface area contributed by atoms with E-state index in [9.17, 15) is 0 Å². The molecular formula is C55H43Cl. The van der Waals surface area contributed by atoms with Crippen molar-refractivity contribution in [2.24, 2.45) is 0 Å². The van der Waals surface area contributed by atoms with Crippen molar-refractivity contribution in [3.8, 4) is 0 Å². The van der Waals surface area contributed by atoms with Crippen molar-refractivity contribution in [3.63, 3.8) is 0 Å². The highest BCUT2D eigenvalue weighted by atomic mass is 35.5. The van der Waals surface area contributed by atoms with Crippen LogP contribution in [0.2, 0.25) is 0 Å². The average molecular weight is 739 g/mol. The number of halogens is 1. The molecule has 1 heteroatoms. The van der Waals surface area contributed by atoms with Crippen LogP contribution < -0.4 is 0 Å². The van der Waals surface area contributed by atoms with Crippen molar-refractivity contribution >= 4 is 84.5 Å². The molecule has 0 saturated carbocycles. The van der Waals surface area contributed by atoms with E-state index in [1.165, 1.54) is 22.3 Å². The lowest BCUT2D eigenvalue weighted by Crippen LogP contribution is -1.85. The van der Waals surface area contributed by atoms with Crippen LogP contribution in [0.4, 0.5) is 0 Å². The van der Waals surface area contributed by atoms with E-state index in [-0.39, 0.29) is 0 Å². The molecule has 0 saturated heterocycles. The predicted octanol–water partition coefficient (Wildman–Crippen LogP) is 15.4. The number of hydrogen-bond donors (Lipinski definition) is 0. The lowest BCUT2D eigenvalue weighted by Gasteiger charge is -2.06. The number of benzene rings is 7. The van der Waals surface area contributed by atoms with E-state index in [4.69, 9.17) is 11.6 Å². The van der Waals surface area contributed by atoms with Gasteiger partial charge in [0.25, 0.3) is 0 Å². The van der Waals surface area contributed by atoms with E-state index in [1.54, 1.807) is 0 Å². The lowest BCUT2D eigenvalue weighted by molar-refractivity contribution is 1.38. The third-order valence-electron chi connectivity index (χ3n) is 9.20. The summed E-state index contributed by atoms with van der Waals surface area (Å²) >= 11 is 6.45. The van der Waals surface area contributed by atoms with Gasteiger partial charge in [0, 0.05) is 5.88 Å². The molecule has 0 N–H and O–H groups in total. The first kappa shape index (κ1) is 37.6. The Balaban J connectivity index is 1.17. The van der Waals surface area contributed by atoms with Crippen molar-refractivity contribution in [1.82, 2.24) is 0 Å². The Morgan fingerprint density at radius 3 is 0.607 bits per heavy atom. The molecule has 0 aromatic heterocycles. The third-order valence-corrected chi connectivity index (χ3v) is 9.51. The molecular weight excluding hydrogens is 696 g/mol. The lowest BCUT2D eigenvalue weighted by atomic mass is 10.0. The first-order chi connectivity index (χ1) is 27.6. The van der Waals surface area contributed by atoms with Gasteiger partial charge in [0.1, 0.15) is 0 Å². The van der Waals surface area contributed by atoms with Gasteiger partial charge in [0.15, 0.2) is 0 Å². The summed E-state index contributed by atoms with van der Waals surface area (Å²) in [6.45, 7) is 0. The molecule has 0 bridgehead atoms. The molecule has 0 aliphatic rings. The second-order valence-electron chi connectivity index (χ2n) is 13.7. The molecule has 270 valence electrons. The van der Waals surface area contributed by atoms with E-state index < -0.39 is 0 Å². The smallest absolute Gasteiger partial charge is 0.0474 e. The van der Waals surface area contributed by atoms with Crippen LogP contribution in [0.5, 0.6) is 0 Å². The van der Waals surface area contributed by atoms with E-state index in [0.717, 1.165) is 50.1 Å². The fraction of sp³-hybridized carbons (Fsp3) is 0.0182. The highest BCUT2D eigenvalue weighted by Crippen LogP contribution is 2.23. The molecule has 0 nitrogen and oxygen atoms in total. The summed E-state index contributed by atoms with van der Waals surface area (Å²) < 4.78 is 0. The van der Waals surface area contributed by atoms with Crippen molar-refractivity contribution in [2.75, 3.05) is 0 Å². The fourth-order valence-corrected chi connectivity index (χ4v) is 6.56. The summed E-state index contributed by atoms with van der Waals surface area (Å²) in [4.78, 5) is 0. The molecule has 0 aliphatic carbocycles. The second kappa shape index (κ2) is 19.6. The minimum absolute atomic E-state index is 0.435. The van der Waals surface area contributed by atoms with Crippen LogP contribution in [0.1, 0.15) is 72.3 Å². The SMILES string of the molecule is ClCc1cc(/C=C/c2cc(/C=C/c3ccccc3)cc(/C=C/c3ccccc3)c2)cc(/C=C/c2cc(/C=C/c3ccccc3)cc(/C=C/c3ccccc3)c2)c1. The van der Waals surface area contributed by atoms with Crippen molar-refractivity contribution < 1.29 is 0 Å². The summed E-state index contributed by atoms with van der Waals surface area (Å²) in [6, 6.07) is 61.5. The van der Waals surface area contributed by atoms with Crippen molar-refractivity contribution in [2.45, 2.75) is 5.88 Å². The Kier molecular flexibility index (Phi) is 13.1. The van der Waals surface area contributed by atoms with Crippen LogP contribution in [-0.2, 0) is 5.88 Å². The molecule has 56 heavy (non-hydrogen) atoms. The van der Waals surface area contributed by atoms with Gasteiger partial charge in [-0.15, -0.1) is 11.6 Å². The van der Waals surface area contributed by atoms with Gasteiger partial charge >= 0.3 is 0 Å². The first-order valence-corrected chi connectivity index (χ1v) is 19.5. The zero-order chi connectivity index (χ0) is 38.2. The van der Waals surface area contributed by atoms with Gasteiger partial charge in [-0.1, -0.05) is 206 Å². The molecule has 0 unspecified atom stereocenters. The standard InChI is InChI=1S/C55H43Cl/c56-42-55-40-53(31-29-51-35-47(25-21-43-13-5-1-6-14-43)33-48(36-51)26-22-44-15-7-2-8-16-44)39-54(41-55)32-30-52-37-49(27-23-45-17-9-3-10-18-45)34-50(38-52)28-24-46-19-11-4-12-20-46/h1-41H,42H2/b25-21+,26-22+,27-23+,28-24+,31-29+,32-30+. The Morgan fingerprint density at radius 2 is 0.411 bits per heavy atom. The van der Waals surface area contributed by atoms with Gasteiger partial charge in [-0.2, -0.15) is 0 Å². The molecule has 7 aromatic rings. The molecule has 0 amide bonds. The number of rotatable bonds is 13. The minimum Gasteiger partial charge on any atom is -0.122 e. The van der Waals surface area contributed by atoms with Gasteiger partial charge in [-0.05, 0) is 115 Å². The van der Waals surface area contributed by atoms with Crippen LogP contribution in [0.3, 0.4) is 0 Å². The van der Waals surface area contributed by atoms with Gasteiger partial charge in [-0.25, -0.2) is 0 Å². The molecule has 0 atom stereocenters. The van der Waals surface area contributed by atoms with Gasteiger partial charge < -0.3 is 0 Å². The van der Waals surface area contributed by atoms with Gasteiger partial charge in [-0.3, -0.25) is 0 Å². The summed E-state index contributed by atoms with van der Waals surface area (Å²) in [5.41, 5.74) is 14.8. The Morgan fingerprint density at radius 1 is 0.232 bits per heavy atom. The summed E-state index contributed by atoms with van der Waals surface area (Å²) in [5, 5.41) is 0. The monoisotopic (exact) mass is 738 g/mol. The molecule has 0 spiro atoms. The van der Waals surface area contributed by atoms with Gasteiger partial charge in [0.05, 0.1) is 0 Å². The Labute approximate surface area is 337 Å². The van der Waals surface area contributed by atoms with Crippen molar-refractivity contribution in [3.05, 3.63) is 248 Å². The third kappa shape index (κ3) is 11.6.